The molecule has 0 aliphatic carbocycles. The second-order valence-electron chi connectivity index (χ2n) is 3.74. The van der Waals surface area contributed by atoms with Gasteiger partial charge in [0.1, 0.15) is 11.0 Å². The van der Waals surface area contributed by atoms with Gasteiger partial charge in [0.15, 0.2) is 0 Å². The minimum Gasteiger partial charge on any atom is -0.237 e. The standard InChI is InChI=1S/C12H8BrCl3N2/c1-6-11(13)12(16)18-10(17-6)4-7-2-3-8(14)5-9(7)15/h2-3,5H,4H2,1H3. The molecule has 6 heteroatoms. The summed E-state index contributed by atoms with van der Waals surface area (Å²) < 4.78 is 0.718. The first kappa shape index (κ1) is 14.1. The molecular weight excluding hydrogens is 358 g/mol. The molecule has 1 aromatic heterocycles. The van der Waals surface area contributed by atoms with Gasteiger partial charge in [0, 0.05) is 16.5 Å². The van der Waals surface area contributed by atoms with Gasteiger partial charge in [0.05, 0.1) is 10.2 Å². The van der Waals surface area contributed by atoms with Crippen molar-refractivity contribution in [1.29, 1.82) is 0 Å². The van der Waals surface area contributed by atoms with Gasteiger partial charge in [-0.15, -0.1) is 0 Å². The summed E-state index contributed by atoms with van der Waals surface area (Å²) in [4.78, 5) is 8.57. The highest BCUT2D eigenvalue weighted by Gasteiger charge is 2.10. The molecule has 2 aromatic rings. The van der Waals surface area contributed by atoms with Gasteiger partial charge in [0.25, 0.3) is 0 Å². The van der Waals surface area contributed by atoms with E-state index >= 15 is 0 Å². The number of aromatic nitrogens is 2. The average Bonchev–Trinajstić information content (AvgIpc) is 2.29. The van der Waals surface area contributed by atoms with E-state index in [4.69, 9.17) is 34.8 Å². The van der Waals surface area contributed by atoms with Gasteiger partial charge in [-0.3, -0.25) is 0 Å². The van der Waals surface area contributed by atoms with Crippen molar-refractivity contribution in [2.75, 3.05) is 0 Å². The fourth-order valence-corrected chi connectivity index (χ4v) is 2.38. The molecule has 0 radical (unpaired) electrons. The van der Waals surface area contributed by atoms with Gasteiger partial charge in [-0.1, -0.05) is 40.9 Å². The second kappa shape index (κ2) is 5.74. The van der Waals surface area contributed by atoms with Gasteiger partial charge < -0.3 is 0 Å². The lowest BCUT2D eigenvalue weighted by Gasteiger charge is -2.06. The summed E-state index contributed by atoms with van der Waals surface area (Å²) in [6.07, 6.45) is 0.518. The van der Waals surface area contributed by atoms with Crippen LogP contribution in [0.15, 0.2) is 22.7 Å². The Bertz CT molecular complexity index is 579. The molecule has 1 aromatic carbocycles. The Kier molecular flexibility index (Phi) is 4.49. The number of benzene rings is 1. The normalized spacial score (nSPS) is 10.7. The van der Waals surface area contributed by atoms with Gasteiger partial charge in [0.2, 0.25) is 0 Å². The van der Waals surface area contributed by atoms with E-state index < -0.39 is 0 Å². The Morgan fingerprint density at radius 1 is 1.17 bits per heavy atom. The predicted molar refractivity (Wildman–Crippen MR) is 78.7 cm³/mol. The van der Waals surface area contributed by atoms with Crippen LogP contribution in [0.2, 0.25) is 15.2 Å². The van der Waals surface area contributed by atoms with Crippen LogP contribution in [0.25, 0.3) is 0 Å². The van der Waals surface area contributed by atoms with Crippen LogP contribution in [0.5, 0.6) is 0 Å². The van der Waals surface area contributed by atoms with Crippen molar-refractivity contribution in [2.24, 2.45) is 0 Å². The molecule has 0 saturated heterocycles. The summed E-state index contributed by atoms with van der Waals surface area (Å²) >= 11 is 21.3. The zero-order chi connectivity index (χ0) is 13.3. The molecule has 2 rings (SSSR count). The molecule has 0 atom stereocenters. The van der Waals surface area contributed by atoms with E-state index in [9.17, 15) is 0 Å². The zero-order valence-corrected chi connectivity index (χ0v) is 13.2. The molecular formula is C12H8BrCl3N2. The molecule has 1 heterocycles. The van der Waals surface area contributed by atoms with Crippen LogP contribution in [-0.2, 0) is 6.42 Å². The molecule has 0 aliphatic heterocycles. The van der Waals surface area contributed by atoms with Gasteiger partial charge >= 0.3 is 0 Å². The highest BCUT2D eigenvalue weighted by Crippen LogP contribution is 2.26. The highest BCUT2D eigenvalue weighted by atomic mass is 79.9. The monoisotopic (exact) mass is 364 g/mol. The van der Waals surface area contributed by atoms with Crippen molar-refractivity contribution in [1.82, 2.24) is 9.97 Å². The van der Waals surface area contributed by atoms with E-state index in [-0.39, 0.29) is 0 Å². The van der Waals surface area contributed by atoms with E-state index in [1.807, 2.05) is 13.0 Å². The lowest BCUT2D eigenvalue weighted by molar-refractivity contribution is 0.934. The molecule has 0 unspecified atom stereocenters. The van der Waals surface area contributed by atoms with Crippen molar-refractivity contribution >= 4 is 50.7 Å². The Hall–Kier alpha value is -0.350. The molecule has 0 saturated carbocycles. The van der Waals surface area contributed by atoms with E-state index in [0.717, 1.165) is 15.7 Å². The van der Waals surface area contributed by atoms with Crippen LogP contribution in [0.4, 0.5) is 0 Å². The number of aryl methyl sites for hydroxylation is 1. The minimum atomic E-state index is 0.405. The zero-order valence-electron chi connectivity index (χ0n) is 9.35. The number of halogens is 4. The van der Waals surface area contributed by atoms with Crippen molar-refractivity contribution in [3.8, 4) is 0 Å². The van der Waals surface area contributed by atoms with Crippen LogP contribution in [0, 0.1) is 6.92 Å². The fraction of sp³-hybridized carbons (Fsp3) is 0.167. The predicted octanol–water partition coefficient (Wildman–Crippen LogP) is 5.10. The molecule has 94 valence electrons. The van der Waals surface area contributed by atoms with Crippen LogP contribution >= 0.6 is 50.7 Å². The lowest BCUT2D eigenvalue weighted by atomic mass is 10.1. The molecule has 2 nitrogen and oxygen atoms in total. The third-order valence-electron chi connectivity index (χ3n) is 2.39. The summed E-state index contributed by atoms with van der Waals surface area (Å²) in [6, 6.07) is 5.35. The largest absolute Gasteiger partial charge is 0.237 e. The molecule has 0 amide bonds. The Morgan fingerprint density at radius 3 is 2.50 bits per heavy atom. The van der Waals surface area contributed by atoms with Gasteiger partial charge in [-0.2, -0.15) is 0 Å². The van der Waals surface area contributed by atoms with E-state index in [0.29, 0.717) is 27.4 Å². The maximum atomic E-state index is 6.11. The van der Waals surface area contributed by atoms with Gasteiger partial charge in [-0.25, -0.2) is 9.97 Å². The number of rotatable bonds is 2. The summed E-state index contributed by atoms with van der Waals surface area (Å²) in [7, 11) is 0. The van der Waals surface area contributed by atoms with Crippen LogP contribution in [-0.4, -0.2) is 9.97 Å². The van der Waals surface area contributed by atoms with Crippen LogP contribution < -0.4 is 0 Å². The molecule has 0 aliphatic rings. The van der Waals surface area contributed by atoms with Crippen LogP contribution in [0.1, 0.15) is 17.1 Å². The summed E-state index contributed by atoms with van der Waals surface area (Å²) in [5.74, 6) is 0.630. The number of hydrogen-bond acceptors (Lipinski definition) is 2. The smallest absolute Gasteiger partial charge is 0.147 e. The first-order chi connectivity index (χ1) is 8.47. The van der Waals surface area contributed by atoms with E-state index in [2.05, 4.69) is 25.9 Å². The van der Waals surface area contributed by atoms with Crippen molar-refractivity contribution in [2.45, 2.75) is 13.3 Å². The van der Waals surface area contributed by atoms with Crippen molar-refractivity contribution in [3.63, 3.8) is 0 Å². The molecule has 0 bridgehead atoms. The quantitative estimate of drug-likeness (QED) is 0.691. The number of nitrogens with zero attached hydrogens (tertiary/aromatic N) is 2. The Morgan fingerprint density at radius 2 is 1.89 bits per heavy atom. The summed E-state index contributed by atoms with van der Waals surface area (Å²) in [6.45, 7) is 1.87. The average molecular weight is 366 g/mol. The minimum absolute atomic E-state index is 0.405. The second-order valence-corrected chi connectivity index (χ2v) is 5.74. The summed E-state index contributed by atoms with van der Waals surface area (Å²) in [5, 5.41) is 1.61. The third kappa shape index (κ3) is 3.15. The van der Waals surface area contributed by atoms with E-state index in [1.165, 1.54) is 0 Å². The first-order valence-electron chi connectivity index (χ1n) is 5.10. The molecule has 0 spiro atoms. The lowest BCUT2D eigenvalue weighted by Crippen LogP contribution is -2.00. The SMILES string of the molecule is Cc1nc(Cc2ccc(Cl)cc2Cl)nc(Cl)c1Br. The van der Waals surface area contributed by atoms with E-state index in [1.54, 1.807) is 12.1 Å². The van der Waals surface area contributed by atoms with Crippen molar-refractivity contribution in [3.05, 3.63) is 55.0 Å². The molecule has 0 N–H and O–H groups in total. The maximum Gasteiger partial charge on any atom is 0.147 e. The topological polar surface area (TPSA) is 25.8 Å². The van der Waals surface area contributed by atoms with Crippen LogP contribution in [0.3, 0.4) is 0 Å². The molecule has 0 fully saturated rings. The maximum absolute atomic E-state index is 6.11. The highest BCUT2D eigenvalue weighted by molar-refractivity contribution is 9.10. The fourth-order valence-electron chi connectivity index (χ4n) is 1.49. The first-order valence-corrected chi connectivity index (χ1v) is 7.02. The Labute approximate surface area is 128 Å². The number of hydrogen-bond donors (Lipinski definition) is 0. The summed E-state index contributed by atoms with van der Waals surface area (Å²) in [5.41, 5.74) is 1.72. The van der Waals surface area contributed by atoms with Gasteiger partial charge in [-0.05, 0) is 40.5 Å². The van der Waals surface area contributed by atoms with Crippen molar-refractivity contribution < 1.29 is 0 Å². The Balaban J connectivity index is 2.34. The third-order valence-corrected chi connectivity index (χ3v) is 4.42. The molecule has 18 heavy (non-hydrogen) atoms.